The van der Waals surface area contributed by atoms with E-state index in [0.717, 1.165) is 28.0 Å². The van der Waals surface area contributed by atoms with Crippen molar-refractivity contribution >= 4 is 39.1 Å². The minimum absolute atomic E-state index is 0.00271. The predicted octanol–water partition coefficient (Wildman–Crippen LogP) is 12.2. The Morgan fingerprint density at radius 2 is 1.09 bits per heavy atom. The molecule has 0 amide bonds. The summed E-state index contributed by atoms with van der Waals surface area (Å²) in [4.78, 5) is 23.2. The molecule has 0 spiro atoms. The molecule has 8 rings (SSSR count). The van der Waals surface area contributed by atoms with Crippen molar-refractivity contribution in [2.45, 2.75) is 65.0 Å². The lowest BCUT2D eigenvalue weighted by atomic mass is 10.2. The number of aromatic amines is 1. The summed E-state index contributed by atoms with van der Waals surface area (Å²) in [6, 6.07) is 46.0. The molecule has 2 aromatic heterocycles. The number of hydrogen-bond acceptors (Lipinski definition) is 10. The Morgan fingerprint density at radius 1 is 0.600 bits per heavy atom. The van der Waals surface area contributed by atoms with Gasteiger partial charge in [-0.2, -0.15) is 4.68 Å². The number of H-pyrrole nitrogens is 1. The Balaban J connectivity index is 0.000000178. The van der Waals surface area contributed by atoms with Crippen molar-refractivity contribution < 1.29 is 27.8 Å². The number of aromatic nitrogens is 4. The number of nitrogens with zero attached hydrogens (tertiary/aromatic N) is 3. The van der Waals surface area contributed by atoms with Crippen LogP contribution >= 0.6 is 39.1 Å². The SMILES string of the molecule is BrCc1cccc(OCc2ccccc2)c1.CC(C)Oc1ccc(-c2n[nH]c(=O)o2)cc1Cl.CC(C)Oc1ccc(-c2nn(Cc3cccc(OCc4ccccc4)c3)c(=O)o2)cc1Cl. The van der Waals surface area contributed by atoms with E-state index in [9.17, 15) is 9.59 Å². The average molecular weight is 983 g/mol. The molecular weight excluding hydrogens is 935 g/mol. The second-order valence-electron chi connectivity index (χ2n) is 14.8. The van der Waals surface area contributed by atoms with E-state index >= 15 is 0 Å². The fourth-order valence-corrected chi connectivity index (χ4v) is 6.75. The summed E-state index contributed by atoms with van der Waals surface area (Å²) in [6.07, 6.45) is 0.0459. The summed E-state index contributed by atoms with van der Waals surface area (Å²) in [7, 11) is 0. The van der Waals surface area contributed by atoms with Crippen LogP contribution < -0.4 is 30.5 Å². The largest absolute Gasteiger partial charge is 0.489 e. The van der Waals surface area contributed by atoms with Gasteiger partial charge in [0.1, 0.15) is 36.2 Å². The predicted molar refractivity (Wildman–Crippen MR) is 256 cm³/mol. The van der Waals surface area contributed by atoms with Crippen molar-refractivity contribution in [1.82, 2.24) is 20.0 Å². The van der Waals surface area contributed by atoms with Gasteiger partial charge in [-0.05, 0) is 111 Å². The fourth-order valence-electron chi connectivity index (χ4n) is 5.95. The van der Waals surface area contributed by atoms with E-state index in [1.54, 1.807) is 36.4 Å². The van der Waals surface area contributed by atoms with E-state index in [0.29, 0.717) is 45.9 Å². The van der Waals surface area contributed by atoms with Crippen molar-refractivity contribution in [3.8, 4) is 45.9 Å². The molecule has 6 aromatic carbocycles. The summed E-state index contributed by atoms with van der Waals surface area (Å²) in [5, 5.41) is 12.0. The number of alkyl halides is 1. The Hall–Kier alpha value is -6.54. The Morgan fingerprint density at radius 3 is 1.57 bits per heavy atom. The van der Waals surface area contributed by atoms with E-state index in [1.807, 2.05) is 113 Å². The molecule has 0 radical (unpaired) electrons. The maximum Gasteiger partial charge on any atom is 0.437 e. The maximum absolute atomic E-state index is 12.4. The molecule has 15 heteroatoms. The number of nitrogens with one attached hydrogen (secondary N) is 1. The highest BCUT2D eigenvalue weighted by Gasteiger charge is 2.15. The second kappa shape index (κ2) is 23.9. The number of ether oxygens (including phenoxy) is 4. The topological polar surface area (TPSA) is 144 Å². The van der Waals surface area contributed by atoms with Gasteiger partial charge < -0.3 is 27.8 Å². The van der Waals surface area contributed by atoms with E-state index in [1.165, 1.54) is 15.8 Å². The number of halogens is 3. The molecule has 0 atom stereocenters. The van der Waals surface area contributed by atoms with Gasteiger partial charge >= 0.3 is 11.5 Å². The molecule has 0 saturated carbocycles. The summed E-state index contributed by atoms with van der Waals surface area (Å²) in [5.74, 6) is 2.05. The van der Waals surface area contributed by atoms with Gasteiger partial charge in [-0.1, -0.05) is 124 Å². The molecule has 0 bridgehead atoms. The molecule has 0 fully saturated rings. The molecule has 1 N–H and O–H groups in total. The van der Waals surface area contributed by atoms with Crippen LogP contribution in [0, 0.1) is 0 Å². The van der Waals surface area contributed by atoms with Gasteiger partial charge in [0, 0.05) is 16.5 Å². The van der Waals surface area contributed by atoms with Crippen LogP contribution in [0.15, 0.2) is 164 Å². The van der Waals surface area contributed by atoms with Crippen molar-refractivity contribution in [2.24, 2.45) is 0 Å². The Bertz CT molecular complexity index is 2840. The summed E-state index contributed by atoms with van der Waals surface area (Å²) in [6.45, 7) is 9.02. The van der Waals surface area contributed by atoms with Gasteiger partial charge in [0.15, 0.2) is 0 Å². The van der Waals surface area contributed by atoms with Gasteiger partial charge in [0.2, 0.25) is 11.8 Å². The van der Waals surface area contributed by atoms with Crippen molar-refractivity contribution in [3.63, 3.8) is 0 Å². The molecular formula is C50H47BrCl2N4O8. The Kier molecular flexibility index (Phi) is 17.7. The minimum atomic E-state index is -0.598. The summed E-state index contributed by atoms with van der Waals surface area (Å²) >= 11 is 15.8. The first kappa shape index (κ1) is 47.9. The molecule has 0 saturated heterocycles. The van der Waals surface area contributed by atoms with Gasteiger partial charge in [0.05, 0.1) is 28.8 Å². The highest BCUT2D eigenvalue weighted by molar-refractivity contribution is 9.08. The zero-order chi connectivity index (χ0) is 46.1. The van der Waals surface area contributed by atoms with Crippen LogP contribution in [-0.2, 0) is 25.1 Å². The van der Waals surface area contributed by atoms with Crippen LogP contribution in [0.1, 0.15) is 49.9 Å². The molecule has 0 aliphatic rings. The highest BCUT2D eigenvalue weighted by atomic mass is 79.9. The van der Waals surface area contributed by atoms with Crippen LogP contribution in [0.4, 0.5) is 0 Å². The molecule has 12 nitrogen and oxygen atoms in total. The van der Waals surface area contributed by atoms with Gasteiger partial charge in [-0.3, -0.25) is 0 Å². The van der Waals surface area contributed by atoms with Crippen LogP contribution in [0.3, 0.4) is 0 Å². The van der Waals surface area contributed by atoms with E-state index in [4.69, 9.17) is 51.0 Å². The first-order valence-electron chi connectivity index (χ1n) is 20.6. The normalized spacial score (nSPS) is 10.7. The molecule has 2 heterocycles. The fraction of sp³-hybridized carbons (Fsp3) is 0.200. The lowest BCUT2D eigenvalue weighted by Gasteiger charge is -2.11. The van der Waals surface area contributed by atoms with Crippen LogP contribution in [0.25, 0.3) is 22.9 Å². The molecule has 0 aliphatic heterocycles. The first-order valence-corrected chi connectivity index (χ1v) is 22.4. The summed E-state index contributed by atoms with van der Waals surface area (Å²) in [5.41, 5.74) is 5.58. The standard InChI is InChI=1S/C25H23ClN2O4.C14H13BrO.C11H11ClN2O3/c1-17(2)31-23-12-11-20(14-22(23)26)24-27-28(25(29)32-24)15-19-9-6-10-21(13-19)30-16-18-7-4-3-5-8-18;15-10-13-7-4-8-14(9-13)16-11-12-5-2-1-3-6-12;1-6(2)16-9-4-3-7(5-8(9)12)10-13-14-11(15)17-10/h3-14,17H,15-16H2,1-2H3;1-9H,10-11H2;3-6H,1-2H3,(H,14,15). The smallest absolute Gasteiger partial charge is 0.437 e. The molecule has 65 heavy (non-hydrogen) atoms. The summed E-state index contributed by atoms with van der Waals surface area (Å²) < 4.78 is 34.2. The highest BCUT2D eigenvalue weighted by Crippen LogP contribution is 2.31. The quantitative estimate of drug-likeness (QED) is 0.0986. The van der Waals surface area contributed by atoms with Crippen LogP contribution in [-0.4, -0.2) is 32.2 Å². The van der Waals surface area contributed by atoms with E-state index in [-0.39, 0.29) is 30.5 Å². The number of benzene rings is 6. The molecule has 0 aliphatic carbocycles. The van der Waals surface area contributed by atoms with Crippen LogP contribution in [0.2, 0.25) is 10.0 Å². The zero-order valence-electron chi connectivity index (χ0n) is 36.1. The van der Waals surface area contributed by atoms with E-state index < -0.39 is 11.5 Å². The van der Waals surface area contributed by atoms with Crippen molar-refractivity contribution in [2.75, 3.05) is 0 Å². The monoisotopic (exact) mass is 980 g/mol. The second-order valence-corrected chi connectivity index (χ2v) is 16.2. The zero-order valence-corrected chi connectivity index (χ0v) is 39.2. The molecule has 8 aromatic rings. The van der Waals surface area contributed by atoms with Gasteiger partial charge in [0.25, 0.3) is 0 Å². The number of rotatable bonds is 15. The average Bonchev–Trinajstić information content (AvgIpc) is 3.91. The molecule has 0 unspecified atom stereocenters. The lowest BCUT2D eigenvalue weighted by molar-refractivity contribution is 0.242. The van der Waals surface area contributed by atoms with Gasteiger partial charge in [-0.15, -0.1) is 10.2 Å². The lowest BCUT2D eigenvalue weighted by Crippen LogP contribution is -2.16. The third kappa shape index (κ3) is 15.0. The van der Waals surface area contributed by atoms with Crippen LogP contribution in [0.5, 0.6) is 23.0 Å². The maximum atomic E-state index is 12.4. The third-order valence-corrected chi connectivity index (χ3v) is 10.1. The van der Waals surface area contributed by atoms with E-state index in [2.05, 4.69) is 55.5 Å². The van der Waals surface area contributed by atoms with Crippen molar-refractivity contribution in [3.05, 3.63) is 199 Å². The van der Waals surface area contributed by atoms with Gasteiger partial charge in [-0.25, -0.2) is 14.7 Å². The Labute approximate surface area is 394 Å². The first-order chi connectivity index (χ1) is 31.4. The van der Waals surface area contributed by atoms with Crippen molar-refractivity contribution in [1.29, 1.82) is 0 Å². The molecule has 336 valence electrons. The third-order valence-electron chi connectivity index (χ3n) is 8.91. The number of hydrogen-bond donors (Lipinski definition) is 1. The minimum Gasteiger partial charge on any atom is -0.489 e.